The number of rotatable bonds is 10. The van der Waals surface area contributed by atoms with Crippen molar-refractivity contribution in [3.8, 4) is 12.3 Å². The molecule has 0 atom stereocenters. The average Bonchev–Trinajstić information content (AvgIpc) is 3.28. The Kier molecular flexibility index (Phi) is 10.2. The number of carbonyl (C=O) groups excluding carboxylic acids is 2. The molecule has 4 N–H and O–H groups in total. The lowest BCUT2D eigenvalue weighted by molar-refractivity contribution is -0.116. The van der Waals surface area contributed by atoms with Crippen LogP contribution >= 0.6 is 0 Å². The highest BCUT2D eigenvalue weighted by Gasteiger charge is 2.19. The van der Waals surface area contributed by atoms with Crippen molar-refractivity contribution in [2.45, 2.75) is 32.6 Å². The maximum Gasteiger partial charge on any atom is 0.250 e. The quantitative estimate of drug-likeness (QED) is 0.274. The number of allylic oxidation sites excluding steroid dienone is 6. The first-order chi connectivity index (χ1) is 15.8. The Bertz CT molecular complexity index is 1000. The molecule has 2 aliphatic rings. The lowest BCUT2D eigenvalue weighted by Gasteiger charge is -2.23. The number of hydrogen-bond donors (Lipinski definition) is 3. The number of amides is 2. The van der Waals surface area contributed by atoms with E-state index < -0.39 is 5.91 Å². The zero-order valence-electron chi connectivity index (χ0n) is 19.6. The van der Waals surface area contributed by atoms with Crippen molar-refractivity contribution in [1.29, 1.82) is 0 Å². The van der Waals surface area contributed by atoms with Gasteiger partial charge in [0.25, 0.3) is 0 Å². The Labute approximate surface area is 197 Å². The van der Waals surface area contributed by atoms with Crippen molar-refractivity contribution >= 4 is 11.8 Å². The summed E-state index contributed by atoms with van der Waals surface area (Å²) in [6, 6.07) is 0. The molecule has 2 rings (SSSR count). The van der Waals surface area contributed by atoms with E-state index in [1.807, 2.05) is 25.2 Å². The monoisotopic (exact) mass is 446 g/mol. The van der Waals surface area contributed by atoms with Crippen LogP contribution in [0.2, 0.25) is 0 Å². The minimum atomic E-state index is -0.464. The SMILES string of the molecule is C#CC/C=C(\C=C(/C)CNC(=O)C=C)C/C=C\C(C(N)=O)=C1/CC=C(C2=CCN(C)CC2)N1. The molecule has 2 amide bonds. The molecular formula is C27H34N4O2. The fourth-order valence-corrected chi connectivity index (χ4v) is 3.57. The van der Waals surface area contributed by atoms with E-state index in [9.17, 15) is 9.59 Å². The van der Waals surface area contributed by atoms with Gasteiger partial charge in [-0.2, -0.15) is 0 Å². The van der Waals surface area contributed by atoms with E-state index in [-0.39, 0.29) is 5.91 Å². The second kappa shape index (κ2) is 13.1. The third-order valence-electron chi connectivity index (χ3n) is 5.42. The highest BCUT2D eigenvalue weighted by molar-refractivity contribution is 5.95. The molecule has 0 aromatic heterocycles. The van der Waals surface area contributed by atoms with E-state index in [4.69, 9.17) is 12.2 Å². The molecule has 2 heterocycles. The molecule has 0 saturated carbocycles. The number of terminal acetylenes is 1. The number of likely N-dealkylation sites (N-methyl/N-ethyl adjacent to an activating group) is 1. The molecule has 0 fully saturated rings. The molecule has 0 saturated heterocycles. The molecule has 0 radical (unpaired) electrons. The first-order valence-corrected chi connectivity index (χ1v) is 11.1. The van der Waals surface area contributed by atoms with E-state index in [0.717, 1.165) is 42.1 Å². The van der Waals surface area contributed by atoms with E-state index in [2.05, 4.69) is 47.2 Å². The van der Waals surface area contributed by atoms with Crippen LogP contribution in [0.15, 0.2) is 82.8 Å². The summed E-state index contributed by atoms with van der Waals surface area (Å²) in [7, 11) is 2.10. The molecule has 33 heavy (non-hydrogen) atoms. The third kappa shape index (κ3) is 8.47. The fraction of sp³-hybridized carbons (Fsp3) is 0.333. The smallest absolute Gasteiger partial charge is 0.250 e. The number of nitrogens with one attached hydrogen (secondary N) is 2. The molecule has 0 aromatic rings. The molecule has 0 spiro atoms. The van der Waals surface area contributed by atoms with Gasteiger partial charge in [-0.05, 0) is 44.0 Å². The number of hydrogen-bond acceptors (Lipinski definition) is 4. The first kappa shape index (κ1) is 25.7. The zero-order chi connectivity index (χ0) is 24.2. The summed E-state index contributed by atoms with van der Waals surface area (Å²) in [4.78, 5) is 25.8. The highest BCUT2D eigenvalue weighted by atomic mass is 16.1. The lowest BCUT2D eigenvalue weighted by atomic mass is 10.1. The van der Waals surface area contributed by atoms with Crippen LogP contribution in [0.25, 0.3) is 0 Å². The van der Waals surface area contributed by atoms with Gasteiger partial charge in [-0.25, -0.2) is 0 Å². The predicted molar refractivity (Wildman–Crippen MR) is 135 cm³/mol. The van der Waals surface area contributed by atoms with Gasteiger partial charge in [-0.1, -0.05) is 48.6 Å². The van der Waals surface area contributed by atoms with Crippen molar-refractivity contribution in [2.75, 3.05) is 26.7 Å². The van der Waals surface area contributed by atoms with Gasteiger partial charge in [-0.15, -0.1) is 12.3 Å². The lowest BCUT2D eigenvalue weighted by Crippen LogP contribution is -2.26. The van der Waals surface area contributed by atoms with Crippen LogP contribution in [0.4, 0.5) is 0 Å². The van der Waals surface area contributed by atoms with Gasteiger partial charge < -0.3 is 21.3 Å². The van der Waals surface area contributed by atoms with Crippen LogP contribution in [0.3, 0.4) is 0 Å². The van der Waals surface area contributed by atoms with Crippen molar-refractivity contribution in [2.24, 2.45) is 5.73 Å². The van der Waals surface area contributed by atoms with Crippen molar-refractivity contribution in [1.82, 2.24) is 15.5 Å². The van der Waals surface area contributed by atoms with E-state index in [0.29, 0.717) is 31.4 Å². The number of nitrogens with two attached hydrogens (primary N) is 1. The largest absolute Gasteiger partial charge is 0.366 e. The van der Waals surface area contributed by atoms with Crippen LogP contribution < -0.4 is 16.4 Å². The van der Waals surface area contributed by atoms with Crippen LogP contribution in [-0.4, -0.2) is 43.4 Å². The van der Waals surface area contributed by atoms with Gasteiger partial charge in [0, 0.05) is 43.9 Å². The summed E-state index contributed by atoms with van der Waals surface area (Å²) in [6.45, 7) is 7.74. The van der Waals surface area contributed by atoms with Crippen molar-refractivity contribution in [3.05, 3.63) is 82.8 Å². The summed E-state index contributed by atoms with van der Waals surface area (Å²) in [5, 5.41) is 6.15. The van der Waals surface area contributed by atoms with Crippen LogP contribution in [-0.2, 0) is 9.59 Å². The molecule has 6 nitrogen and oxygen atoms in total. The van der Waals surface area contributed by atoms with Gasteiger partial charge in [0.15, 0.2) is 0 Å². The molecular weight excluding hydrogens is 412 g/mol. The topological polar surface area (TPSA) is 87.5 Å². The van der Waals surface area contributed by atoms with Crippen LogP contribution in [0.5, 0.6) is 0 Å². The molecule has 0 bridgehead atoms. The van der Waals surface area contributed by atoms with Crippen molar-refractivity contribution in [3.63, 3.8) is 0 Å². The van der Waals surface area contributed by atoms with Gasteiger partial charge in [0.1, 0.15) is 0 Å². The number of nitrogens with zero attached hydrogens (tertiary/aromatic N) is 1. The normalized spacial score (nSPS) is 18.8. The Morgan fingerprint density at radius 2 is 2.18 bits per heavy atom. The third-order valence-corrected chi connectivity index (χ3v) is 5.42. The van der Waals surface area contributed by atoms with E-state index >= 15 is 0 Å². The average molecular weight is 447 g/mol. The van der Waals surface area contributed by atoms with Gasteiger partial charge >= 0.3 is 0 Å². The Morgan fingerprint density at radius 1 is 1.39 bits per heavy atom. The summed E-state index contributed by atoms with van der Waals surface area (Å²) in [6.07, 6.45) is 21.3. The fourth-order valence-electron chi connectivity index (χ4n) is 3.57. The molecule has 6 heteroatoms. The Balaban J connectivity index is 2.09. The van der Waals surface area contributed by atoms with Crippen LogP contribution in [0, 0.1) is 12.3 Å². The first-order valence-electron chi connectivity index (χ1n) is 11.1. The van der Waals surface area contributed by atoms with E-state index in [1.165, 1.54) is 11.6 Å². The predicted octanol–water partition coefficient (Wildman–Crippen LogP) is 3.01. The number of primary amides is 1. The molecule has 0 aromatic carbocycles. The second-order valence-electron chi connectivity index (χ2n) is 8.15. The minimum Gasteiger partial charge on any atom is -0.366 e. The summed E-state index contributed by atoms with van der Waals surface area (Å²) >= 11 is 0. The van der Waals surface area contributed by atoms with E-state index in [1.54, 1.807) is 6.08 Å². The van der Waals surface area contributed by atoms with Gasteiger partial charge in [0.05, 0.1) is 5.57 Å². The Morgan fingerprint density at radius 3 is 2.82 bits per heavy atom. The maximum absolute atomic E-state index is 12.1. The molecule has 174 valence electrons. The standard InChI is InChI=1S/C27H34N4O2/c1-5-7-9-21(18-20(3)19-29-26(32)6-2)10-8-11-23(27(28)33)25-13-12-24(30-25)22-14-16-31(4)17-15-22/h1,6,8-9,11-12,14,18,30H,2,7,10,13,15-17,19H2,3-4H3,(H2,28,33)(H,29,32)/b11-8-,20-18+,21-9-,25-23-. The second-order valence-corrected chi connectivity index (χ2v) is 8.15. The molecule has 0 aliphatic carbocycles. The highest BCUT2D eigenvalue weighted by Crippen LogP contribution is 2.25. The van der Waals surface area contributed by atoms with Crippen molar-refractivity contribution < 1.29 is 9.59 Å². The molecule has 0 unspecified atom stereocenters. The Hall–Kier alpha value is -3.56. The summed E-state index contributed by atoms with van der Waals surface area (Å²) in [5.74, 6) is 1.93. The number of carbonyl (C=O) groups is 2. The van der Waals surface area contributed by atoms with Gasteiger partial charge in [-0.3, -0.25) is 9.59 Å². The van der Waals surface area contributed by atoms with Gasteiger partial charge in [0.2, 0.25) is 11.8 Å². The summed E-state index contributed by atoms with van der Waals surface area (Å²) in [5.41, 5.74) is 11.3. The minimum absolute atomic E-state index is 0.220. The van der Waals surface area contributed by atoms with Crippen LogP contribution in [0.1, 0.15) is 32.6 Å². The maximum atomic E-state index is 12.1. The summed E-state index contributed by atoms with van der Waals surface area (Å²) < 4.78 is 0. The zero-order valence-corrected chi connectivity index (χ0v) is 19.6. The molecule has 2 aliphatic heterocycles.